The number of rotatable bonds is 5. The van der Waals surface area contributed by atoms with E-state index in [2.05, 4.69) is 24.1 Å². The van der Waals surface area contributed by atoms with Gasteiger partial charge in [0.05, 0.1) is 18.2 Å². The number of nitrogens with zero attached hydrogens (tertiary/aromatic N) is 1. The van der Waals surface area contributed by atoms with Gasteiger partial charge in [0.15, 0.2) is 0 Å². The van der Waals surface area contributed by atoms with Crippen molar-refractivity contribution >= 4 is 23.3 Å². The Labute approximate surface area is 146 Å². The van der Waals surface area contributed by atoms with E-state index in [0.29, 0.717) is 0 Å². The molecule has 6 heteroatoms. The standard InChI is InChI=1S/C18H22N4OS/c1-22-15-7-6-13(23-2)10-16(15)24-18(22)14(19)9-11-4-3-5-12(8-11)17(20)21/h3-8,10,14,18H,9,19H2,1-2H3,(H3,20,21). The van der Waals surface area contributed by atoms with Crippen LogP contribution in [0.2, 0.25) is 0 Å². The van der Waals surface area contributed by atoms with Crippen molar-refractivity contribution in [3.05, 3.63) is 53.6 Å². The maximum atomic E-state index is 7.56. The number of hydrogen-bond acceptors (Lipinski definition) is 5. The highest BCUT2D eigenvalue weighted by Crippen LogP contribution is 2.45. The Kier molecular flexibility index (Phi) is 4.69. The highest BCUT2D eigenvalue weighted by molar-refractivity contribution is 8.00. The number of methoxy groups -OCH3 is 1. The summed E-state index contributed by atoms with van der Waals surface area (Å²) in [7, 11) is 3.75. The van der Waals surface area contributed by atoms with E-state index in [0.717, 1.165) is 23.3 Å². The summed E-state index contributed by atoms with van der Waals surface area (Å²) in [6.07, 6.45) is 0.730. The Balaban J connectivity index is 1.75. The third-order valence-corrected chi connectivity index (χ3v) is 5.74. The number of ether oxygens (including phenoxy) is 1. The van der Waals surface area contributed by atoms with Gasteiger partial charge in [-0.2, -0.15) is 0 Å². The molecule has 0 saturated carbocycles. The molecule has 0 aromatic heterocycles. The van der Waals surface area contributed by atoms with Crippen molar-refractivity contribution in [1.82, 2.24) is 0 Å². The van der Waals surface area contributed by atoms with Gasteiger partial charge in [0, 0.05) is 23.5 Å². The molecular weight excluding hydrogens is 320 g/mol. The Morgan fingerprint density at radius 2 is 2.12 bits per heavy atom. The van der Waals surface area contributed by atoms with Gasteiger partial charge in [-0.15, -0.1) is 0 Å². The first-order valence-corrected chi connectivity index (χ1v) is 8.64. The third kappa shape index (κ3) is 3.20. The molecule has 5 N–H and O–H groups in total. The van der Waals surface area contributed by atoms with Crippen LogP contribution in [0.3, 0.4) is 0 Å². The Morgan fingerprint density at radius 1 is 1.33 bits per heavy atom. The average molecular weight is 342 g/mol. The predicted molar refractivity (Wildman–Crippen MR) is 100 cm³/mol. The maximum Gasteiger partial charge on any atom is 0.122 e. The van der Waals surface area contributed by atoms with Crippen molar-refractivity contribution in [1.29, 1.82) is 5.41 Å². The molecule has 2 aromatic rings. The fraction of sp³-hybridized carbons (Fsp3) is 0.278. The summed E-state index contributed by atoms with van der Waals surface area (Å²) in [5, 5.41) is 7.72. The summed E-state index contributed by atoms with van der Waals surface area (Å²) in [5.41, 5.74) is 15.1. The van der Waals surface area contributed by atoms with Crippen molar-refractivity contribution in [3.63, 3.8) is 0 Å². The van der Waals surface area contributed by atoms with Crippen LogP contribution in [-0.4, -0.2) is 31.4 Å². The molecular formula is C18H22N4OS. The highest BCUT2D eigenvalue weighted by atomic mass is 32.2. The SMILES string of the molecule is COc1ccc2c(c1)SC(C(N)Cc1cccc(C(=N)N)c1)N2C. The summed E-state index contributed by atoms with van der Waals surface area (Å²) < 4.78 is 5.31. The van der Waals surface area contributed by atoms with Crippen molar-refractivity contribution in [2.24, 2.45) is 11.5 Å². The summed E-state index contributed by atoms with van der Waals surface area (Å²) in [4.78, 5) is 3.41. The zero-order valence-corrected chi connectivity index (χ0v) is 14.6. The summed E-state index contributed by atoms with van der Waals surface area (Å²) in [6, 6.07) is 13.8. The number of amidine groups is 1. The molecule has 0 spiro atoms. The smallest absolute Gasteiger partial charge is 0.122 e. The fourth-order valence-electron chi connectivity index (χ4n) is 2.97. The number of benzene rings is 2. The van der Waals surface area contributed by atoms with Crippen LogP contribution in [0.5, 0.6) is 5.75 Å². The van der Waals surface area contributed by atoms with Gasteiger partial charge in [-0.3, -0.25) is 5.41 Å². The van der Waals surface area contributed by atoms with Crippen molar-refractivity contribution in [3.8, 4) is 5.75 Å². The molecule has 0 saturated heterocycles. The topological polar surface area (TPSA) is 88.4 Å². The maximum absolute atomic E-state index is 7.56. The predicted octanol–water partition coefficient (Wildman–Crippen LogP) is 2.42. The second-order valence-electron chi connectivity index (χ2n) is 5.94. The first kappa shape index (κ1) is 16.7. The fourth-order valence-corrected chi connectivity index (χ4v) is 4.29. The number of anilines is 1. The van der Waals surface area contributed by atoms with Crippen LogP contribution < -0.4 is 21.1 Å². The van der Waals surface area contributed by atoms with Crippen molar-refractivity contribution in [2.75, 3.05) is 19.1 Å². The molecule has 126 valence electrons. The van der Waals surface area contributed by atoms with Crippen LogP contribution >= 0.6 is 11.8 Å². The average Bonchev–Trinajstić information content (AvgIpc) is 2.91. The van der Waals surface area contributed by atoms with Crippen LogP contribution in [0.25, 0.3) is 0 Å². The van der Waals surface area contributed by atoms with E-state index in [1.54, 1.807) is 18.9 Å². The Morgan fingerprint density at radius 3 is 2.83 bits per heavy atom. The zero-order chi connectivity index (χ0) is 17.3. The molecule has 1 heterocycles. The molecule has 0 bridgehead atoms. The summed E-state index contributed by atoms with van der Waals surface area (Å²) >= 11 is 1.77. The van der Waals surface area contributed by atoms with Crippen LogP contribution in [0.4, 0.5) is 5.69 Å². The molecule has 24 heavy (non-hydrogen) atoms. The van der Waals surface area contributed by atoms with Crippen molar-refractivity contribution in [2.45, 2.75) is 22.7 Å². The van der Waals surface area contributed by atoms with Gasteiger partial charge in [-0.25, -0.2) is 0 Å². The van der Waals surface area contributed by atoms with Gasteiger partial charge in [-0.05, 0) is 36.2 Å². The van der Waals surface area contributed by atoms with Gasteiger partial charge < -0.3 is 21.1 Å². The minimum absolute atomic E-state index is 0.0411. The molecule has 3 rings (SSSR count). The van der Waals surface area contributed by atoms with E-state index in [1.807, 2.05) is 30.3 Å². The van der Waals surface area contributed by atoms with E-state index in [4.69, 9.17) is 21.6 Å². The lowest BCUT2D eigenvalue weighted by molar-refractivity contribution is 0.414. The van der Waals surface area contributed by atoms with Gasteiger partial charge in [0.2, 0.25) is 0 Å². The molecule has 0 radical (unpaired) electrons. The lowest BCUT2D eigenvalue weighted by Crippen LogP contribution is -2.43. The van der Waals surface area contributed by atoms with E-state index in [-0.39, 0.29) is 17.3 Å². The quantitative estimate of drug-likeness (QED) is 0.574. The van der Waals surface area contributed by atoms with Crippen LogP contribution in [0, 0.1) is 5.41 Å². The normalized spacial score (nSPS) is 17.5. The minimum atomic E-state index is -0.0411. The molecule has 5 nitrogen and oxygen atoms in total. The molecule has 0 fully saturated rings. The molecule has 1 aliphatic heterocycles. The third-order valence-electron chi connectivity index (χ3n) is 4.25. The minimum Gasteiger partial charge on any atom is -0.497 e. The van der Waals surface area contributed by atoms with Gasteiger partial charge in [0.25, 0.3) is 0 Å². The van der Waals surface area contributed by atoms with Crippen LogP contribution in [0.1, 0.15) is 11.1 Å². The number of nitrogen functional groups attached to an aromatic ring is 1. The second-order valence-corrected chi connectivity index (χ2v) is 7.09. The highest BCUT2D eigenvalue weighted by Gasteiger charge is 2.32. The monoisotopic (exact) mass is 342 g/mol. The van der Waals surface area contributed by atoms with E-state index < -0.39 is 0 Å². The number of nitrogens with two attached hydrogens (primary N) is 2. The summed E-state index contributed by atoms with van der Waals surface area (Å²) in [5.74, 6) is 0.940. The molecule has 0 aliphatic carbocycles. The molecule has 2 atom stereocenters. The second kappa shape index (κ2) is 6.75. The van der Waals surface area contributed by atoms with Gasteiger partial charge in [0.1, 0.15) is 11.6 Å². The van der Waals surface area contributed by atoms with Gasteiger partial charge >= 0.3 is 0 Å². The van der Waals surface area contributed by atoms with E-state index >= 15 is 0 Å². The first-order chi connectivity index (χ1) is 11.5. The number of hydrogen-bond donors (Lipinski definition) is 3. The Hall–Kier alpha value is -2.18. The molecule has 2 aromatic carbocycles. The largest absolute Gasteiger partial charge is 0.497 e. The molecule has 0 amide bonds. The van der Waals surface area contributed by atoms with Gasteiger partial charge in [-0.1, -0.05) is 30.0 Å². The zero-order valence-electron chi connectivity index (χ0n) is 13.8. The molecule has 2 unspecified atom stereocenters. The summed E-state index contributed by atoms with van der Waals surface area (Å²) in [6.45, 7) is 0. The number of fused-ring (bicyclic) bond motifs is 1. The number of likely N-dealkylation sites (N-methyl/N-ethyl adjacent to an activating group) is 1. The van der Waals surface area contributed by atoms with Crippen molar-refractivity contribution < 1.29 is 4.74 Å². The lowest BCUT2D eigenvalue weighted by atomic mass is 10.0. The number of nitrogens with one attached hydrogen (secondary N) is 1. The molecule has 1 aliphatic rings. The van der Waals surface area contributed by atoms with E-state index in [9.17, 15) is 0 Å². The Bertz CT molecular complexity index is 764. The number of thioether (sulfide) groups is 1. The lowest BCUT2D eigenvalue weighted by Gasteiger charge is -2.27. The van der Waals surface area contributed by atoms with Crippen LogP contribution in [-0.2, 0) is 6.42 Å². The first-order valence-electron chi connectivity index (χ1n) is 7.76. The van der Waals surface area contributed by atoms with Crippen LogP contribution in [0.15, 0.2) is 47.4 Å². The van der Waals surface area contributed by atoms with E-state index in [1.165, 1.54) is 10.6 Å².